The minimum Gasteiger partial charge on any atom is -0.433 e. The summed E-state index contributed by atoms with van der Waals surface area (Å²) in [5.41, 5.74) is 1.76. The van der Waals surface area contributed by atoms with Gasteiger partial charge in [0.2, 0.25) is 0 Å². The van der Waals surface area contributed by atoms with E-state index in [4.69, 9.17) is 16.3 Å². The van der Waals surface area contributed by atoms with E-state index in [1.807, 2.05) is 61.0 Å². The smallest absolute Gasteiger partial charge is 0.418 e. The van der Waals surface area contributed by atoms with Crippen LogP contribution in [0.5, 0.6) is 0 Å². The summed E-state index contributed by atoms with van der Waals surface area (Å²) < 4.78 is 7.12. The number of cyclic esters (lactones) is 1. The first-order valence-electron chi connectivity index (χ1n) is 12.3. The van der Waals surface area contributed by atoms with E-state index >= 15 is 0 Å². The number of Topliss-reactive ketones (excluding diaryl/α,β-unsaturated/α-hetero) is 1. The second-order valence-corrected chi connectivity index (χ2v) is 10.4. The van der Waals surface area contributed by atoms with E-state index in [0.29, 0.717) is 16.0 Å². The van der Waals surface area contributed by atoms with Crippen LogP contribution in [-0.4, -0.2) is 44.8 Å². The number of carbonyl (C=O) groups excluding carboxylic acids is 4. The molecule has 0 radical (unpaired) electrons. The molecule has 1 atom stereocenters. The molecule has 4 aromatic rings. The zero-order chi connectivity index (χ0) is 28.1. The molecule has 0 aliphatic carbocycles. The van der Waals surface area contributed by atoms with Crippen molar-refractivity contribution in [3.05, 3.63) is 88.9 Å². The Bertz CT molecular complexity index is 1660. The van der Waals surface area contributed by atoms with Gasteiger partial charge in [0.1, 0.15) is 0 Å². The lowest BCUT2D eigenvalue weighted by Crippen LogP contribution is -2.53. The summed E-state index contributed by atoms with van der Waals surface area (Å²) in [6.07, 6.45) is -1.07. The van der Waals surface area contributed by atoms with E-state index in [1.54, 1.807) is 30.3 Å². The molecule has 1 fully saturated rings. The lowest BCUT2D eigenvalue weighted by atomic mass is 9.95. The fourth-order valence-electron chi connectivity index (χ4n) is 4.91. The highest BCUT2D eigenvalue weighted by atomic mass is 35.5. The number of para-hydroxylation sites is 1. The number of imide groups is 1. The van der Waals surface area contributed by atoms with Crippen LogP contribution in [-0.2, 0) is 21.4 Å². The Morgan fingerprint density at radius 1 is 0.974 bits per heavy atom. The number of nitrogens with one attached hydrogen (secondary N) is 1. The monoisotopic (exact) mass is 543 g/mol. The molecule has 3 amide bonds. The van der Waals surface area contributed by atoms with E-state index in [2.05, 4.69) is 5.32 Å². The molecule has 1 aliphatic heterocycles. The predicted molar refractivity (Wildman–Crippen MR) is 149 cm³/mol. The predicted octanol–water partition coefficient (Wildman–Crippen LogP) is 5.75. The minimum atomic E-state index is -1.85. The molecule has 198 valence electrons. The van der Waals surface area contributed by atoms with E-state index in [0.717, 1.165) is 16.6 Å². The highest BCUT2D eigenvalue weighted by Gasteiger charge is 2.54. The molecule has 3 aromatic carbocycles. The Kier molecular flexibility index (Phi) is 6.52. The zero-order valence-corrected chi connectivity index (χ0v) is 22.6. The summed E-state index contributed by atoms with van der Waals surface area (Å²) in [6.45, 7) is 4.65. The van der Waals surface area contributed by atoms with Crippen molar-refractivity contribution in [1.82, 2.24) is 9.47 Å². The van der Waals surface area contributed by atoms with E-state index in [1.165, 1.54) is 13.8 Å². The molecule has 0 spiro atoms. The fraction of sp³-hybridized carbons (Fsp3) is 0.200. The number of halogens is 1. The van der Waals surface area contributed by atoms with Gasteiger partial charge in [0.25, 0.3) is 11.8 Å². The average molecular weight is 544 g/mol. The maximum Gasteiger partial charge on any atom is 0.418 e. The van der Waals surface area contributed by atoms with Crippen LogP contribution in [0.25, 0.3) is 22.2 Å². The van der Waals surface area contributed by atoms with Crippen molar-refractivity contribution in [2.45, 2.75) is 32.4 Å². The Morgan fingerprint density at radius 3 is 2.31 bits per heavy atom. The summed E-state index contributed by atoms with van der Waals surface area (Å²) in [6, 6.07) is 19.7. The van der Waals surface area contributed by atoms with Crippen LogP contribution in [0.4, 0.5) is 10.5 Å². The molecule has 1 unspecified atom stereocenters. The third kappa shape index (κ3) is 4.46. The van der Waals surface area contributed by atoms with Gasteiger partial charge in [-0.05, 0) is 50.1 Å². The molecule has 9 heteroatoms. The fourth-order valence-corrected chi connectivity index (χ4v) is 5.07. The highest BCUT2D eigenvalue weighted by molar-refractivity contribution is 6.34. The number of hydrogen-bond acceptors (Lipinski definition) is 5. The van der Waals surface area contributed by atoms with Gasteiger partial charge in [-0.1, -0.05) is 66.2 Å². The summed E-state index contributed by atoms with van der Waals surface area (Å²) in [7, 11) is 1.82. The summed E-state index contributed by atoms with van der Waals surface area (Å²) >= 11 is 6.32. The molecule has 1 aromatic heterocycles. The number of rotatable bonds is 6. The molecule has 0 bridgehead atoms. The number of ketones is 1. The Balaban J connectivity index is 1.71. The van der Waals surface area contributed by atoms with Crippen molar-refractivity contribution in [2.75, 3.05) is 5.32 Å². The molecule has 0 saturated carbocycles. The van der Waals surface area contributed by atoms with Crippen LogP contribution in [0.3, 0.4) is 0 Å². The highest BCUT2D eigenvalue weighted by Crippen LogP contribution is 2.36. The maximum absolute atomic E-state index is 14.5. The topological polar surface area (TPSA) is 97.7 Å². The normalized spacial score (nSPS) is 15.4. The molecule has 2 heterocycles. The summed E-state index contributed by atoms with van der Waals surface area (Å²) in [5, 5.41) is 3.48. The number of carbonyl (C=O) groups is 4. The van der Waals surface area contributed by atoms with Crippen LogP contribution in [0.1, 0.15) is 29.8 Å². The second-order valence-electron chi connectivity index (χ2n) is 9.96. The average Bonchev–Trinajstić information content (AvgIpc) is 3.31. The van der Waals surface area contributed by atoms with Crippen LogP contribution in [0, 0.1) is 6.92 Å². The minimum absolute atomic E-state index is 0.208. The Hall–Kier alpha value is -4.43. The Labute approximate surface area is 230 Å². The van der Waals surface area contributed by atoms with E-state index in [9.17, 15) is 19.2 Å². The maximum atomic E-state index is 14.5. The van der Waals surface area contributed by atoms with E-state index in [-0.39, 0.29) is 16.3 Å². The number of fused-ring (bicyclic) bond motifs is 1. The molecular formula is C30H26ClN3O5. The quantitative estimate of drug-likeness (QED) is 0.246. The van der Waals surface area contributed by atoms with Gasteiger partial charge in [-0.2, -0.15) is 0 Å². The van der Waals surface area contributed by atoms with Crippen molar-refractivity contribution in [3.63, 3.8) is 0 Å². The van der Waals surface area contributed by atoms with Crippen LogP contribution >= 0.6 is 11.6 Å². The molecule has 39 heavy (non-hydrogen) atoms. The third-order valence-electron chi connectivity index (χ3n) is 6.81. The first kappa shape index (κ1) is 26.2. The standard InChI is InChI=1S/C30H26ClN3O5/c1-17-14-15-20(31)21(16-17)32-27(36)25(34-28(37)30(2,3)39-29(34)38)26(35)23-19-12-8-9-13-22(19)33(4)24(23)18-10-6-5-7-11-18/h5-16,25H,1-4H3,(H,32,36). The van der Waals surface area contributed by atoms with E-state index < -0.39 is 35.3 Å². The molecule has 1 saturated heterocycles. The van der Waals surface area contributed by atoms with Gasteiger partial charge in [0, 0.05) is 18.0 Å². The van der Waals surface area contributed by atoms with Gasteiger partial charge in [-0.15, -0.1) is 0 Å². The van der Waals surface area contributed by atoms with Crippen molar-refractivity contribution in [2.24, 2.45) is 7.05 Å². The lowest BCUT2D eigenvalue weighted by molar-refractivity contribution is -0.137. The van der Waals surface area contributed by atoms with Gasteiger partial charge in [0.05, 0.1) is 22.0 Å². The summed E-state index contributed by atoms with van der Waals surface area (Å²) in [4.78, 5) is 55.3. The molecular weight excluding hydrogens is 518 g/mol. The number of benzene rings is 3. The SMILES string of the molecule is Cc1ccc(Cl)c(NC(=O)C(C(=O)c2c(-c3ccccc3)n(C)c3ccccc23)N2C(=O)OC(C)(C)C2=O)c1. The van der Waals surface area contributed by atoms with Crippen molar-refractivity contribution < 1.29 is 23.9 Å². The van der Waals surface area contributed by atoms with Gasteiger partial charge in [0.15, 0.2) is 17.4 Å². The van der Waals surface area contributed by atoms with Crippen molar-refractivity contribution in [1.29, 1.82) is 0 Å². The Morgan fingerprint density at radius 2 is 1.64 bits per heavy atom. The van der Waals surface area contributed by atoms with Gasteiger partial charge >= 0.3 is 6.09 Å². The van der Waals surface area contributed by atoms with Gasteiger partial charge in [-0.25, -0.2) is 9.69 Å². The number of aryl methyl sites for hydroxylation is 2. The van der Waals surface area contributed by atoms with Crippen LogP contribution in [0.15, 0.2) is 72.8 Å². The van der Waals surface area contributed by atoms with Crippen LogP contribution < -0.4 is 5.32 Å². The first-order chi connectivity index (χ1) is 18.5. The third-order valence-corrected chi connectivity index (χ3v) is 7.14. The van der Waals surface area contributed by atoms with Gasteiger partial charge < -0.3 is 14.6 Å². The molecule has 1 aliphatic rings. The number of anilines is 1. The first-order valence-corrected chi connectivity index (χ1v) is 12.7. The molecule has 1 N–H and O–H groups in total. The number of hydrogen-bond donors (Lipinski definition) is 1. The molecule has 8 nitrogen and oxygen atoms in total. The van der Waals surface area contributed by atoms with Crippen molar-refractivity contribution in [3.8, 4) is 11.3 Å². The van der Waals surface area contributed by atoms with Crippen LogP contribution in [0.2, 0.25) is 5.02 Å². The largest absolute Gasteiger partial charge is 0.433 e. The second kappa shape index (κ2) is 9.71. The summed E-state index contributed by atoms with van der Waals surface area (Å²) in [5.74, 6) is -2.41. The molecule has 5 rings (SSSR count). The number of ether oxygens (including phenoxy) is 1. The zero-order valence-electron chi connectivity index (χ0n) is 21.8. The number of aromatic nitrogens is 1. The lowest BCUT2D eigenvalue weighted by Gasteiger charge is -2.24. The number of nitrogens with zero attached hydrogens (tertiary/aromatic N) is 2. The van der Waals surface area contributed by atoms with Gasteiger partial charge in [-0.3, -0.25) is 14.4 Å². The van der Waals surface area contributed by atoms with Crippen molar-refractivity contribution >= 4 is 51.9 Å². The number of amides is 3.